The van der Waals surface area contributed by atoms with Crippen molar-refractivity contribution in [3.63, 3.8) is 0 Å². The lowest BCUT2D eigenvalue weighted by Gasteiger charge is -2.29. The number of benzene rings is 1. The molecule has 1 N–H and O–H groups in total. The van der Waals surface area contributed by atoms with E-state index in [0.717, 1.165) is 31.2 Å². The van der Waals surface area contributed by atoms with E-state index in [2.05, 4.69) is 0 Å². The van der Waals surface area contributed by atoms with E-state index >= 15 is 0 Å². The van der Waals surface area contributed by atoms with E-state index in [1.165, 1.54) is 25.3 Å². The summed E-state index contributed by atoms with van der Waals surface area (Å²) in [5.74, 6) is 0.461. The van der Waals surface area contributed by atoms with E-state index in [0.29, 0.717) is 15.0 Å². The van der Waals surface area contributed by atoms with Crippen LogP contribution in [-0.2, 0) is 4.79 Å². The summed E-state index contributed by atoms with van der Waals surface area (Å²) in [5.41, 5.74) is 0.757. The minimum Gasteiger partial charge on any atom is -0.504 e. The third kappa shape index (κ3) is 3.38. The largest absolute Gasteiger partial charge is 0.504 e. The van der Waals surface area contributed by atoms with Crippen LogP contribution in [0.1, 0.15) is 37.7 Å². The molecule has 0 spiro atoms. The van der Waals surface area contributed by atoms with Crippen LogP contribution in [0.25, 0.3) is 6.08 Å². The molecule has 4 nitrogen and oxygen atoms in total. The second-order valence-corrected chi connectivity index (χ2v) is 7.45. The fourth-order valence-electron chi connectivity index (χ4n) is 3.08. The van der Waals surface area contributed by atoms with Crippen molar-refractivity contribution in [2.75, 3.05) is 7.11 Å². The fraction of sp³-hybridized carbons (Fsp3) is 0.412. The first kappa shape index (κ1) is 16.3. The summed E-state index contributed by atoms with van der Waals surface area (Å²) in [6, 6.07) is 5.33. The van der Waals surface area contributed by atoms with Crippen LogP contribution in [0.3, 0.4) is 0 Å². The van der Waals surface area contributed by atoms with Gasteiger partial charge in [0.2, 0.25) is 0 Å². The minimum absolute atomic E-state index is 0.0118. The van der Waals surface area contributed by atoms with Crippen molar-refractivity contribution in [2.24, 2.45) is 0 Å². The van der Waals surface area contributed by atoms with E-state index in [4.69, 9.17) is 17.0 Å². The van der Waals surface area contributed by atoms with Gasteiger partial charge in [-0.25, -0.2) is 0 Å². The van der Waals surface area contributed by atoms with Gasteiger partial charge in [0, 0.05) is 6.04 Å². The zero-order chi connectivity index (χ0) is 16.4. The van der Waals surface area contributed by atoms with Crippen LogP contribution in [0.15, 0.2) is 23.1 Å². The Labute approximate surface area is 145 Å². The lowest BCUT2D eigenvalue weighted by atomic mass is 9.94. The average Bonchev–Trinajstić information content (AvgIpc) is 2.82. The highest BCUT2D eigenvalue weighted by Gasteiger charge is 2.37. The fourth-order valence-corrected chi connectivity index (χ4v) is 4.48. The van der Waals surface area contributed by atoms with Crippen molar-refractivity contribution in [1.29, 1.82) is 0 Å². The van der Waals surface area contributed by atoms with Crippen LogP contribution in [0.4, 0.5) is 0 Å². The van der Waals surface area contributed by atoms with Crippen LogP contribution >= 0.6 is 24.0 Å². The molecule has 0 atom stereocenters. The lowest BCUT2D eigenvalue weighted by molar-refractivity contribution is -0.124. The second-order valence-electron chi connectivity index (χ2n) is 5.77. The normalized spacial score (nSPS) is 21.3. The Balaban J connectivity index is 1.82. The molecule has 0 bridgehead atoms. The Morgan fingerprint density at radius 1 is 1.35 bits per heavy atom. The van der Waals surface area contributed by atoms with Crippen molar-refractivity contribution < 1.29 is 14.6 Å². The molecular weight excluding hydrogens is 330 g/mol. The van der Waals surface area contributed by atoms with Crippen molar-refractivity contribution in [1.82, 2.24) is 4.90 Å². The van der Waals surface area contributed by atoms with Gasteiger partial charge in [-0.05, 0) is 36.6 Å². The maximum atomic E-state index is 12.7. The summed E-state index contributed by atoms with van der Waals surface area (Å²) in [5, 5.41) is 9.86. The molecule has 1 saturated carbocycles. The first-order valence-electron chi connectivity index (χ1n) is 7.74. The Kier molecular flexibility index (Phi) is 4.92. The van der Waals surface area contributed by atoms with Gasteiger partial charge in [-0.3, -0.25) is 9.69 Å². The number of ether oxygens (including phenoxy) is 1. The monoisotopic (exact) mass is 349 g/mol. The summed E-state index contributed by atoms with van der Waals surface area (Å²) in [6.07, 6.45) is 7.40. The van der Waals surface area contributed by atoms with Crippen molar-refractivity contribution in [3.05, 3.63) is 28.7 Å². The van der Waals surface area contributed by atoms with Gasteiger partial charge in [-0.15, -0.1) is 0 Å². The summed E-state index contributed by atoms with van der Waals surface area (Å²) < 4.78 is 5.68. The molecular formula is C17H19NO3S2. The Bertz CT molecular complexity index is 666. The minimum atomic E-state index is -0.0118. The Morgan fingerprint density at radius 2 is 2.09 bits per heavy atom. The number of methoxy groups -OCH3 is 1. The molecule has 0 radical (unpaired) electrons. The molecule has 2 fully saturated rings. The predicted octanol–water partition coefficient (Wildman–Crippen LogP) is 3.93. The van der Waals surface area contributed by atoms with Gasteiger partial charge in [-0.2, -0.15) is 0 Å². The molecule has 1 saturated heterocycles. The third-order valence-corrected chi connectivity index (χ3v) is 5.59. The van der Waals surface area contributed by atoms with Gasteiger partial charge in [0.1, 0.15) is 4.32 Å². The zero-order valence-electron chi connectivity index (χ0n) is 12.9. The molecule has 3 rings (SSSR count). The number of rotatable bonds is 3. The molecule has 6 heteroatoms. The van der Waals surface area contributed by atoms with E-state index in [9.17, 15) is 9.90 Å². The molecule has 2 aliphatic rings. The first-order valence-corrected chi connectivity index (χ1v) is 8.96. The zero-order valence-corrected chi connectivity index (χ0v) is 14.6. The molecule has 1 aliphatic carbocycles. The topological polar surface area (TPSA) is 49.8 Å². The molecule has 1 aromatic rings. The summed E-state index contributed by atoms with van der Waals surface area (Å²) in [4.78, 5) is 15.1. The maximum Gasteiger partial charge on any atom is 0.266 e. The number of thiocarbonyl (C=S) groups is 1. The van der Waals surface area contributed by atoms with E-state index < -0.39 is 0 Å². The quantitative estimate of drug-likeness (QED) is 0.662. The predicted molar refractivity (Wildman–Crippen MR) is 96.5 cm³/mol. The number of thioether (sulfide) groups is 1. The number of nitrogens with zero attached hydrogens (tertiary/aromatic N) is 1. The summed E-state index contributed by atoms with van der Waals surface area (Å²) >= 11 is 6.76. The van der Waals surface area contributed by atoms with Crippen LogP contribution in [0, 0.1) is 0 Å². The standard InChI is InChI=1S/C17H19NO3S2/c1-21-14-8-7-11(9-13(14)19)10-15-16(20)18(17(22)23-15)12-5-3-2-4-6-12/h7-10,12,19H,2-6H2,1H3. The number of amides is 1. The molecule has 1 amide bonds. The van der Waals surface area contributed by atoms with Crippen LogP contribution in [0.2, 0.25) is 0 Å². The number of aromatic hydroxyl groups is 1. The Morgan fingerprint density at radius 3 is 2.74 bits per heavy atom. The van der Waals surface area contributed by atoms with E-state index in [-0.39, 0.29) is 17.7 Å². The molecule has 122 valence electrons. The molecule has 23 heavy (non-hydrogen) atoms. The van der Waals surface area contributed by atoms with Gasteiger partial charge >= 0.3 is 0 Å². The first-order chi connectivity index (χ1) is 11.1. The second kappa shape index (κ2) is 6.93. The van der Waals surface area contributed by atoms with Crippen LogP contribution < -0.4 is 4.74 Å². The van der Waals surface area contributed by atoms with Gasteiger partial charge < -0.3 is 9.84 Å². The third-order valence-electron chi connectivity index (χ3n) is 4.26. The molecule has 1 aromatic carbocycles. The van der Waals surface area contributed by atoms with Gasteiger partial charge in [0.15, 0.2) is 11.5 Å². The van der Waals surface area contributed by atoms with Crippen LogP contribution in [-0.4, -0.2) is 33.4 Å². The highest BCUT2D eigenvalue weighted by Crippen LogP contribution is 2.38. The molecule has 1 heterocycles. The van der Waals surface area contributed by atoms with Crippen molar-refractivity contribution >= 4 is 40.3 Å². The number of phenolic OH excluding ortho intramolecular Hbond substituents is 1. The number of hydrogen-bond acceptors (Lipinski definition) is 5. The molecule has 1 aliphatic heterocycles. The molecule has 0 unspecified atom stereocenters. The number of carbonyl (C=O) groups excluding carboxylic acids is 1. The smallest absolute Gasteiger partial charge is 0.266 e. The van der Waals surface area contributed by atoms with Gasteiger partial charge in [-0.1, -0.05) is 49.3 Å². The summed E-state index contributed by atoms with van der Waals surface area (Å²) in [6.45, 7) is 0. The molecule has 0 aromatic heterocycles. The van der Waals surface area contributed by atoms with Gasteiger partial charge in [0.05, 0.1) is 12.0 Å². The van der Waals surface area contributed by atoms with E-state index in [1.54, 1.807) is 23.1 Å². The summed E-state index contributed by atoms with van der Waals surface area (Å²) in [7, 11) is 1.50. The SMILES string of the molecule is COc1ccc(C=C2SC(=S)N(C3CCCCC3)C2=O)cc1O. The number of hydrogen-bond donors (Lipinski definition) is 1. The highest BCUT2D eigenvalue weighted by molar-refractivity contribution is 8.26. The Hall–Kier alpha value is -1.53. The lowest BCUT2D eigenvalue weighted by Crippen LogP contribution is -2.39. The maximum absolute atomic E-state index is 12.7. The highest BCUT2D eigenvalue weighted by atomic mass is 32.2. The van der Waals surface area contributed by atoms with E-state index in [1.807, 2.05) is 6.07 Å². The number of phenols is 1. The van der Waals surface area contributed by atoms with Crippen molar-refractivity contribution in [2.45, 2.75) is 38.1 Å². The van der Waals surface area contributed by atoms with Crippen LogP contribution in [0.5, 0.6) is 11.5 Å². The van der Waals surface area contributed by atoms with Gasteiger partial charge in [0.25, 0.3) is 5.91 Å². The van der Waals surface area contributed by atoms with Crippen molar-refractivity contribution in [3.8, 4) is 11.5 Å². The average molecular weight is 349 g/mol. The number of carbonyl (C=O) groups is 1.